The average molecular weight is 318 g/mol. The molecule has 0 aromatic carbocycles. The van der Waals surface area contributed by atoms with Crippen LogP contribution in [0, 0.1) is 5.92 Å². The van der Waals surface area contributed by atoms with Gasteiger partial charge >= 0.3 is 5.97 Å². The van der Waals surface area contributed by atoms with Crippen LogP contribution in [0.5, 0.6) is 0 Å². The van der Waals surface area contributed by atoms with E-state index in [0.717, 1.165) is 30.6 Å². The van der Waals surface area contributed by atoms with E-state index in [2.05, 4.69) is 27.2 Å². The summed E-state index contributed by atoms with van der Waals surface area (Å²) in [6, 6.07) is 0. The molecule has 2 aromatic rings. The van der Waals surface area contributed by atoms with Gasteiger partial charge in [0.2, 0.25) is 0 Å². The predicted octanol–water partition coefficient (Wildman–Crippen LogP) is 1.57. The Kier molecular flexibility index (Phi) is 3.89. The van der Waals surface area contributed by atoms with Crippen molar-refractivity contribution in [2.75, 3.05) is 12.4 Å². The van der Waals surface area contributed by atoms with Crippen molar-refractivity contribution in [1.29, 1.82) is 0 Å². The molecule has 0 fully saturated rings. The Hall–Kier alpha value is -2.64. The Morgan fingerprint density at radius 3 is 2.96 bits per heavy atom. The molecule has 0 saturated heterocycles. The number of aromatic nitrogens is 3. The van der Waals surface area contributed by atoms with Gasteiger partial charge in [0, 0.05) is 25.2 Å². The summed E-state index contributed by atoms with van der Waals surface area (Å²) in [6.07, 6.45) is 4.12. The molecule has 0 saturated carbocycles. The largest absolute Gasteiger partial charge is 0.464 e. The van der Waals surface area contributed by atoms with E-state index in [4.69, 9.17) is 4.52 Å². The predicted molar refractivity (Wildman–Crippen MR) is 80.2 cm³/mol. The number of hydrogen-bond acceptors (Lipinski definition) is 6. The van der Waals surface area contributed by atoms with Crippen LogP contribution < -0.4 is 5.32 Å². The topological polar surface area (TPSA) is 99.2 Å². The zero-order chi connectivity index (χ0) is 16.6. The highest BCUT2D eigenvalue weighted by atomic mass is 16.5. The molecule has 2 heterocycles. The minimum atomic E-state index is -0.614. The first-order valence-corrected chi connectivity index (χ1v) is 7.40. The van der Waals surface area contributed by atoms with E-state index in [-0.39, 0.29) is 17.1 Å². The van der Waals surface area contributed by atoms with Crippen LogP contribution in [0.4, 0.5) is 5.69 Å². The molecule has 1 aliphatic carbocycles. The van der Waals surface area contributed by atoms with Gasteiger partial charge in [-0.2, -0.15) is 5.10 Å². The van der Waals surface area contributed by atoms with Gasteiger partial charge in [0.05, 0.1) is 12.8 Å². The Bertz CT molecular complexity index is 762. The number of methoxy groups -OCH3 is 1. The molecule has 3 rings (SSSR count). The Morgan fingerprint density at radius 1 is 1.43 bits per heavy atom. The number of esters is 1. The molecule has 122 valence electrons. The second-order valence-corrected chi connectivity index (χ2v) is 5.79. The number of aryl methyl sites for hydroxylation is 2. The molecular formula is C15H18N4O4. The van der Waals surface area contributed by atoms with Gasteiger partial charge in [-0.3, -0.25) is 9.48 Å². The number of hydrogen-bond donors (Lipinski definition) is 1. The van der Waals surface area contributed by atoms with E-state index < -0.39 is 11.9 Å². The molecule has 0 radical (unpaired) electrons. The summed E-state index contributed by atoms with van der Waals surface area (Å²) in [4.78, 5) is 24.2. The van der Waals surface area contributed by atoms with Crippen molar-refractivity contribution in [3.05, 3.63) is 28.9 Å². The molecule has 2 aromatic heterocycles. The highest BCUT2D eigenvalue weighted by Crippen LogP contribution is 2.28. The third-order valence-electron chi connectivity index (χ3n) is 3.96. The normalized spacial score (nSPS) is 16.7. The lowest BCUT2D eigenvalue weighted by Crippen LogP contribution is -2.19. The van der Waals surface area contributed by atoms with Gasteiger partial charge < -0.3 is 14.6 Å². The maximum absolute atomic E-state index is 12.5. The Balaban J connectivity index is 1.86. The summed E-state index contributed by atoms with van der Waals surface area (Å²) >= 11 is 0. The van der Waals surface area contributed by atoms with Crippen molar-refractivity contribution in [2.24, 2.45) is 13.0 Å². The molecule has 0 aliphatic heterocycles. The minimum Gasteiger partial charge on any atom is -0.464 e. The summed E-state index contributed by atoms with van der Waals surface area (Å²) < 4.78 is 11.4. The van der Waals surface area contributed by atoms with Gasteiger partial charge in [0.15, 0.2) is 11.4 Å². The second-order valence-electron chi connectivity index (χ2n) is 5.79. The van der Waals surface area contributed by atoms with Crippen LogP contribution in [0.25, 0.3) is 0 Å². The molecule has 23 heavy (non-hydrogen) atoms. The molecular weight excluding hydrogens is 300 g/mol. The van der Waals surface area contributed by atoms with Crippen molar-refractivity contribution in [2.45, 2.75) is 26.2 Å². The standard InChI is InChI=1S/C15H18N4O4/c1-8-4-5-11-9(6-8)12(18-23-11)14(20)16-10-7-19(2)17-13(10)15(21)22-3/h7-8H,4-6H2,1-3H3,(H,16,20). The zero-order valence-corrected chi connectivity index (χ0v) is 13.3. The van der Waals surface area contributed by atoms with Crippen molar-refractivity contribution in [3.63, 3.8) is 0 Å². The number of rotatable bonds is 3. The molecule has 1 unspecified atom stereocenters. The molecule has 8 nitrogen and oxygen atoms in total. The molecule has 8 heteroatoms. The number of ether oxygens (including phenoxy) is 1. The molecule has 1 atom stereocenters. The monoisotopic (exact) mass is 318 g/mol. The van der Waals surface area contributed by atoms with Gasteiger partial charge in [-0.25, -0.2) is 4.79 Å². The third-order valence-corrected chi connectivity index (χ3v) is 3.96. The smallest absolute Gasteiger partial charge is 0.360 e. The first kappa shape index (κ1) is 15.3. The number of amides is 1. The van der Waals surface area contributed by atoms with Crippen molar-refractivity contribution in [1.82, 2.24) is 14.9 Å². The molecule has 0 bridgehead atoms. The second kappa shape index (κ2) is 5.86. The van der Waals surface area contributed by atoms with Crippen molar-refractivity contribution < 1.29 is 18.8 Å². The lowest BCUT2D eigenvalue weighted by molar-refractivity contribution is 0.0594. The number of carbonyl (C=O) groups is 2. The SMILES string of the molecule is COC(=O)c1nn(C)cc1NC(=O)c1noc2c1CC(C)CC2. The highest BCUT2D eigenvalue weighted by Gasteiger charge is 2.28. The summed E-state index contributed by atoms with van der Waals surface area (Å²) in [7, 11) is 2.92. The van der Waals surface area contributed by atoms with Crippen LogP contribution in [-0.4, -0.2) is 33.9 Å². The average Bonchev–Trinajstić information content (AvgIpc) is 3.09. The lowest BCUT2D eigenvalue weighted by Gasteiger charge is -2.16. The van der Waals surface area contributed by atoms with Crippen LogP contribution in [0.2, 0.25) is 0 Å². The van der Waals surface area contributed by atoms with E-state index in [1.165, 1.54) is 11.8 Å². The molecule has 1 aliphatic rings. The zero-order valence-electron chi connectivity index (χ0n) is 13.3. The fourth-order valence-electron chi connectivity index (χ4n) is 2.77. The van der Waals surface area contributed by atoms with Gasteiger partial charge in [-0.15, -0.1) is 0 Å². The van der Waals surface area contributed by atoms with Crippen molar-refractivity contribution in [3.8, 4) is 0 Å². The first-order valence-electron chi connectivity index (χ1n) is 7.40. The number of anilines is 1. The van der Waals surface area contributed by atoms with Crippen LogP contribution in [0.3, 0.4) is 0 Å². The van der Waals surface area contributed by atoms with Crippen LogP contribution in [0.15, 0.2) is 10.7 Å². The molecule has 1 N–H and O–H groups in total. The highest BCUT2D eigenvalue weighted by molar-refractivity contribution is 6.07. The van der Waals surface area contributed by atoms with E-state index >= 15 is 0 Å². The van der Waals surface area contributed by atoms with Gasteiger partial charge in [0.1, 0.15) is 5.76 Å². The quantitative estimate of drug-likeness (QED) is 0.862. The minimum absolute atomic E-state index is 0.0501. The van der Waals surface area contributed by atoms with E-state index in [9.17, 15) is 9.59 Å². The Labute approximate surface area is 132 Å². The van der Waals surface area contributed by atoms with E-state index in [1.54, 1.807) is 13.2 Å². The molecule has 0 spiro atoms. The summed E-state index contributed by atoms with van der Waals surface area (Å²) in [6.45, 7) is 2.13. The van der Waals surface area contributed by atoms with E-state index in [1.807, 2.05) is 0 Å². The molecule has 1 amide bonds. The Morgan fingerprint density at radius 2 is 2.22 bits per heavy atom. The van der Waals surface area contributed by atoms with Crippen molar-refractivity contribution >= 4 is 17.6 Å². The van der Waals surface area contributed by atoms with Gasteiger partial charge in [-0.1, -0.05) is 12.1 Å². The first-order chi connectivity index (χ1) is 11.0. The number of nitrogens with zero attached hydrogens (tertiary/aromatic N) is 3. The summed E-state index contributed by atoms with van der Waals surface area (Å²) in [5.41, 5.74) is 1.45. The van der Waals surface area contributed by atoms with E-state index in [0.29, 0.717) is 5.92 Å². The fourth-order valence-corrected chi connectivity index (χ4v) is 2.77. The third kappa shape index (κ3) is 2.84. The number of fused-ring (bicyclic) bond motifs is 1. The summed E-state index contributed by atoms with van der Waals surface area (Å²) in [5.74, 6) is 0.226. The maximum Gasteiger partial charge on any atom is 0.360 e. The number of carbonyl (C=O) groups excluding carboxylic acids is 2. The van der Waals surface area contributed by atoms with Crippen LogP contribution in [0.1, 0.15) is 45.6 Å². The lowest BCUT2D eigenvalue weighted by atomic mass is 9.88. The summed E-state index contributed by atoms with van der Waals surface area (Å²) in [5, 5.41) is 10.6. The van der Waals surface area contributed by atoms with Crippen LogP contribution in [-0.2, 0) is 24.6 Å². The number of nitrogens with one attached hydrogen (secondary N) is 1. The van der Waals surface area contributed by atoms with Gasteiger partial charge in [0.25, 0.3) is 5.91 Å². The van der Waals surface area contributed by atoms with Crippen LogP contribution >= 0.6 is 0 Å². The fraction of sp³-hybridized carbons (Fsp3) is 0.467. The van der Waals surface area contributed by atoms with Gasteiger partial charge in [-0.05, 0) is 18.8 Å². The maximum atomic E-state index is 12.5.